The number of hydrogen-bond donors (Lipinski definition) is 1. The zero-order chi connectivity index (χ0) is 18.6. The van der Waals surface area contributed by atoms with E-state index >= 15 is 0 Å². The zero-order valence-corrected chi connectivity index (χ0v) is 15.2. The standard InChI is InChI=1S/C21H23N3O3/c25-20(24-10-9-16-3-1-2-4-19(16)24)15-22-18-7-5-17(6-8-18)21(26)23-11-13-27-14-12-23/h1-8,22H,9-15H2. The lowest BCUT2D eigenvalue weighted by molar-refractivity contribution is -0.116. The van der Waals surface area contributed by atoms with Crippen molar-refractivity contribution >= 4 is 23.2 Å². The van der Waals surface area contributed by atoms with Crippen LogP contribution in [-0.2, 0) is 16.0 Å². The van der Waals surface area contributed by atoms with E-state index in [0.29, 0.717) is 31.9 Å². The average Bonchev–Trinajstić information content (AvgIpc) is 3.17. The summed E-state index contributed by atoms with van der Waals surface area (Å²) in [7, 11) is 0. The molecule has 2 aliphatic heterocycles. The summed E-state index contributed by atoms with van der Waals surface area (Å²) in [4.78, 5) is 28.6. The molecule has 0 atom stereocenters. The molecule has 6 heteroatoms. The van der Waals surface area contributed by atoms with Gasteiger partial charge in [-0.1, -0.05) is 18.2 Å². The largest absolute Gasteiger partial charge is 0.378 e. The SMILES string of the molecule is O=C(c1ccc(NCC(=O)N2CCc3ccccc32)cc1)N1CCOCC1. The topological polar surface area (TPSA) is 61.9 Å². The first-order valence-corrected chi connectivity index (χ1v) is 9.31. The van der Waals surface area contributed by atoms with Crippen molar-refractivity contribution in [2.45, 2.75) is 6.42 Å². The molecule has 2 aromatic carbocycles. The second kappa shape index (κ2) is 7.80. The number of ether oxygens (including phenoxy) is 1. The van der Waals surface area contributed by atoms with Crippen LogP contribution in [-0.4, -0.2) is 56.1 Å². The number of amides is 2. The van der Waals surface area contributed by atoms with Crippen LogP contribution in [0.4, 0.5) is 11.4 Å². The summed E-state index contributed by atoms with van der Waals surface area (Å²) in [6, 6.07) is 15.3. The van der Waals surface area contributed by atoms with Crippen molar-refractivity contribution in [3.05, 3.63) is 59.7 Å². The second-order valence-electron chi connectivity index (χ2n) is 6.76. The van der Waals surface area contributed by atoms with Crippen molar-refractivity contribution in [1.29, 1.82) is 0 Å². The van der Waals surface area contributed by atoms with Crippen molar-refractivity contribution in [2.24, 2.45) is 0 Å². The van der Waals surface area contributed by atoms with Crippen molar-refractivity contribution < 1.29 is 14.3 Å². The summed E-state index contributed by atoms with van der Waals surface area (Å²) >= 11 is 0. The molecule has 1 fully saturated rings. The lowest BCUT2D eigenvalue weighted by Crippen LogP contribution is -2.40. The van der Waals surface area contributed by atoms with Gasteiger partial charge in [0.15, 0.2) is 0 Å². The number of morpholine rings is 1. The van der Waals surface area contributed by atoms with Crippen LogP contribution in [0.1, 0.15) is 15.9 Å². The zero-order valence-electron chi connectivity index (χ0n) is 15.2. The molecule has 27 heavy (non-hydrogen) atoms. The maximum atomic E-state index is 12.6. The minimum absolute atomic E-state index is 0.0228. The predicted molar refractivity (Wildman–Crippen MR) is 104 cm³/mol. The minimum atomic E-state index is 0.0228. The molecule has 0 bridgehead atoms. The highest BCUT2D eigenvalue weighted by Crippen LogP contribution is 2.27. The van der Waals surface area contributed by atoms with Gasteiger partial charge in [-0.2, -0.15) is 0 Å². The first-order valence-electron chi connectivity index (χ1n) is 9.31. The van der Waals surface area contributed by atoms with Gasteiger partial charge in [-0.25, -0.2) is 0 Å². The molecular formula is C21H23N3O3. The van der Waals surface area contributed by atoms with Crippen LogP contribution in [0.5, 0.6) is 0 Å². The number of carbonyl (C=O) groups is 2. The molecule has 0 spiro atoms. The number of rotatable bonds is 4. The number of nitrogens with one attached hydrogen (secondary N) is 1. The van der Waals surface area contributed by atoms with E-state index < -0.39 is 0 Å². The third kappa shape index (κ3) is 3.80. The van der Waals surface area contributed by atoms with Crippen LogP contribution in [0, 0.1) is 0 Å². The molecule has 0 radical (unpaired) electrons. The number of carbonyl (C=O) groups excluding carboxylic acids is 2. The Labute approximate surface area is 158 Å². The Kier molecular flexibility index (Phi) is 5.07. The van der Waals surface area contributed by atoms with E-state index in [9.17, 15) is 9.59 Å². The number of para-hydroxylation sites is 1. The van der Waals surface area contributed by atoms with Crippen LogP contribution in [0.2, 0.25) is 0 Å². The normalized spacial score (nSPS) is 16.1. The lowest BCUT2D eigenvalue weighted by Gasteiger charge is -2.26. The second-order valence-corrected chi connectivity index (χ2v) is 6.76. The van der Waals surface area contributed by atoms with Crippen LogP contribution in [0.25, 0.3) is 0 Å². The van der Waals surface area contributed by atoms with E-state index in [4.69, 9.17) is 4.74 Å². The van der Waals surface area contributed by atoms with Gasteiger partial charge in [-0.05, 0) is 42.3 Å². The van der Waals surface area contributed by atoms with E-state index in [-0.39, 0.29) is 18.4 Å². The van der Waals surface area contributed by atoms with Gasteiger partial charge in [0.25, 0.3) is 5.91 Å². The fraction of sp³-hybridized carbons (Fsp3) is 0.333. The van der Waals surface area contributed by atoms with Gasteiger partial charge in [0, 0.05) is 36.6 Å². The van der Waals surface area contributed by atoms with Gasteiger partial charge in [0.05, 0.1) is 19.8 Å². The fourth-order valence-electron chi connectivity index (χ4n) is 3.55. The maximum Gasteiger partial charge on any atom is 0.254 e. The summed E-state index contributed by atoms with van der Waals surface area (Å²) in [5.41, 5.74) is 3.71. The molecule has 140 valence electrons. The maximum absolute atomic E-state index is 12.6. The molecule has 2 aliphatic rings. The molecule has 4 rings (SSSR count). The summed E-state index contributed by atoms with van der Waals surface area (Å²) in [6.07, 6.45) is 0.903. The monoisotopic (exact) mass is 365 g/mol. The molecule has 2 aromatic rings. The third-order valence-corrected chi connectivity index (χ3v) is 5.06. The molecule has 0 aliphatic carbocycles. The number of fused-ring (bicyclic) bond motifs is 1. The summed E-state index contributed by atoms with van der Waals surface area (Å²) in [6.45, 7) is 3.40. The Morgan fingerprint density at radius 1 is 0.963 bits per heavy atom. The molecule has 2 amide bonds. The van der Waals surface area contributed by atoms with E-state index in [1.807, 2.05) is 35.2 Å². The fourth-order valence-corrected chi connectivity index (χ4v) is 3.55. The average molecular weight is 365 g/mol. The number of nitrogens with zero attached hydrogens (tertiary/aromatic N) is 2. The Balaban J connectivity index is 1.34. The predicted octanol–water partition coefficient (Wildman–Crippen LogP) is 2.16. The van der Waals surface area contributed by atoms with Gasteiger partial charge in [-0.15, -0.1) is 0 Å². The Morgan fingerprint density at radius 2 is 1.70 bits per heavy atom. The number of benzene rings is 2. The molecule has 6 nitrogen and oxygen atoms in total. The van der Waals surface area contributed by atoms with Crippen molar-refractivity contribution in [1.82, 2.24) is 4.90 Å². The molecule has 0 saturated carbocycles. The summed E-state index contributed by atoms with van der Waals surface area (Å²) in [5, 5.41) is 3.16. The Morgan fingerprint density at radius 3 is 2.48 bits per heavy atom. The van der Waals surface area contributed by atoms with Crippen LogP contribution in [0.3, 0.4) is 0 Å². The number of anilines is 2. The van der Waals surface area contributed by atoms with Gasteiger partial charge in [0.1, 0.15) is 0 Å². The molecule has 2 heterocycles. The summed E-state index contributed by atoms with van der Waals surface area (Å²) in [5.74, 6) is 0.0722. The minimum Gasteiger partial charge on any atom is -0.378 e. The van der Waals surface area contributed by atoms with Crippen LogP contribution >= 0.6 is 0 Å². The highest BCUT2D eigenvalue weighted by atomic mass is 16.5. The van der Waals surface area contributed by atoms with Gasteiger partial charge < -0.3 is 19.9 Å². The van der Waals surface area contributed by atoms with Crippen molar-refractivity contribution in [3.63, 3.8) is 0 Å². The van der Waals surface area contributed by atoms with Gasteiger partial charge in [0.2, 0.25) is 5.91 Å². The van der Waals surface area contributed by atoms with E-state index in [0.717, 1.165) is 24.3 Å². The van der Waals surface area contributed by atoms with Crippen molar-refractivity contribution in [2.75, 3.05) is 49.6 Å². The molecule has 0 aromatic heterocycles. The van der Waals surface area contributed by atoms with Gasteiger partial charge in [-0.3, -0.25) is 9.59 Å². The number of hydrogen-bond acceptors (Lipinski definition) is 4. The lowest BCUT2D eigenvalue weighted by atomic mass is 10.1. The third-order valence-electron chi connectivity index (χ3n) is 5.06. The quantitative estimate of drug-likeness (QED) is 0.902. The first kappa shape index (κ1) is 17.5. The molecular weight excluding hydrogens is 342 g/mol. The Hall–Kier alpha value is -2.86. The van der Waals surface area contributed by atoms with E-state index in [1.54, 1.807) is 17.0 Å². The van der Waals surface area contributed by atoms with Crippen LogP contribution < -0.4 is 10.2 Å². The van der Waals surface area contributed by atoms with E-state index in [2.05, 4.69) is 11.4 Å². The van der Waals surface area contributed by atoms with E-state index in [1.165, 1.54) is 5.56 Å². The first-order chi connectivity index (χ1) is 13.2. The smallest absolute Gasteiger partial charge is 0.254 e. The molecule has 1 saturated heterocycles. The molecule has 1 N–H and O–H groups in total. The Bertz CT molecular complexity index is 829. The van der Waals surface area contributed by atoms with Crippen molar-refractivity contribution in [3.8, 4) is 0 Å². The van der Waals surface area contributed by atoms with Gasteiger partial charge >= 0.3 is 0 Å². The molecule has 0 unspecified atom stereocenters. The summed E-state index contributed by atoms with van der Waals surface area (Å²) < 4.78 is 5.28. The highest BCUT2D eigenvalue weighted by molar-refractivity contribution is 5.98. The van der Waals surface area contributed by atoms with Crippen LogP contribution in [0.15, 0.2) is 48.5 Å². The highest BCUT2D eigenvalue weighted by Gasteiger charge is 2.23.